The van der Waals surface area contributed by atoms with Gasteiger partial charge in [0.15, 0.2) is 11.5 Å². The summed E-state index contributed by atoms with van der Waals surface area (Å²) in [6.45, 7) is 3.97. The van der Waals surface area contributed by atoms with Gasteiger partial charge in [-0.1, -0.05) is 60.1 Å². The molecule has 0 unspecified atom stereocenters. The predicted molar refractivity (Wildman–Crippen MR) is 149 cm³/mol. The van der Waals surface area contributed by atoms with Crippen molar-refractivity contribution in [3.8, 4) is 22.8 Å². The van der Waals surface area contributed by atoms with Crippen LogP contribution in [-0.2, 0) is 11.4 Å². The lowest BCUT2D eigenvalue weighted by molar-refractivity contribution is -0.114. The van der Waals surface area contributed by atoms with Gasteiger partial charge in [0.25, 0.3) is 5.91 Å². The molecule has 0 fully saturated rings. The van der Waals surface area contributed by atoms with Crippen LogP contribution in [0, 0.1) is 5.82 Å². The van der Waals surface area contributed by atoms with Gasteiger partial charge in [0, 0.05) is 16.5 Å². The summed E-state index contributed by atoms with van der Waals surface area (Å²) in [4.78, 5) is 17.9. The number of hydrogen-bond acceptors (Lipinski definition) is 6. The van der Waals surface area contributed by atoms with E-state index in [4.69, 9.17) is 21.1 Å². The predicted octanol–water partition coefficient (Wildman–Crippen LogP) is 7.39. The van der Waals surface area contributed by atoms with Crippen molar-refractivity contribution in [2.24, 2.45) is 5.10 Å². The minimum atomic E-state index is -0.363. The van der Waals surface area contributed by atoms with Gasteiger partial charge in [0.05, 0.1) is 28.6 Å². The number of hydrogen-bond donors (Lipinski definition) is 0. The van der Waals surface area contributed by atoms with Gasteiger partial charge in [0.1, 0.15) is 12.4 Å². The molecule has 3 aromatic carbocycles. The van der Waals surface area contributed by atoms with Crippen molar-refractivity contribution in [3.63, 3.8) is 0 Å². The zero-order valence-corrected chi connectivity index (χ0v) is 22.2. The Hall–Kier alpha value is -4.01. The molecule has 0 atom stereocenters. The third-order valence-corrected chi connectivity index (χ3v) is 6.87. The zero-order chi connectivity index (χ0) is 26.6. The molecule has 0 bridgehead atoms. The summed E-state index contributed by atoms with van der Waals surface area (Å²) in [7, 11) is 0. The Labute approximate surface area is 228 Å². The highest BCUT2D eigenvalue weighted by Crippen LogP contribution is 2.39. The second kappa shape index (κ2) is 11.2. The molecule has 1 amide bonds. The Bertz CT molecular complexity index is 1550. The molecule has 2 heterocycles. The van der Waals surface area contributed by atoms with Crippen LogP contribution < -0.4 is 14.5 Å². The number of ether oxygens (including phenoxy) is 2. The van der Waals surface area contributed by atoms with Crippen molar-refractivity contribution in [2.75, 3.05) is 11.6 Å². The maximum absolute atomic E-state index is 14.0. The Morgan fingerprint density at radius 1 is 1.08 bits per heavy atom. The first-order valence-electron chi connectivity index (χ1n) is 11.9. The van der Waals surface area contributed by atoms with Gasteiger partial charge in [-0.25, -0.2) is 9.37 Å². The third kappa shape index (κ3) is 5.32. The molecule has 0 saturated carbocycles. The molecule has 1 aliphatic rings. The summed E-state index contributed by atoms with van der Waals surface area (Å²) in [6.07, 6.45) is 1.71. The standard InChI is InChI=1S/C29H23ClFN3O3S/c1-3-36-26-15-19(14-23(30)27(26)37-16-21-11-7-8-12-24(21)31)13-22-18(2)33-34(28(22)35)29-32-25(17-38-29)20-9-5-4-6-10-20/h4-15,17H,3,16H2,1-2H3. The first kappa shape index (κ1) is 25.6. The number of carbonyl (C=O) groups excluding carboxylic acids is 1. The van der Waals surface area contributed by atoms with Crippen LogP contribution in [0.2, 0.25) is 5.02 Å². The summed E-state index contributed by atoms with van der Waals surface area (Å²) < 4.78 is 25.7. The van der Waals surface area contributed by atoms with E-state index < -0.39 is 0 Å². The number of hydrazone groups is 1. The number of aromatic nitrogens is 1. The van der Waals surface area contributed by atoms with E-state index in [9.17, 15) is 9.18 Å². The Morgan fingerprint density at radius 2 is 1.84 bits per heavy atom. The van der Waals surface area contributed by atoms with E-state index in [2.05, 4.69) is 10.1 Å². The molecule has 192 valence electrons. The molecule has 0 N–H and O–H groups in total. The van der Waals surface area contributed by atoms with Crippen LogP contribution in [0.4, 0.5) is 9.52 Å². The molecule has 38 heavy (non-hydrogen) atoms. The largest absolute Gasteiger partial charge is 0.490 e. The molecule has 4 aromatic rings. The fraction of sp³-hybridized carbons (Fsp3) is 0.138. The van der Waals surface area contributed by atoms with Crippen LogP contribution in [0.25, 0.3) is 17.3 Å². The van der Waals surface area contributed by atoms with Crippen molar-refractivity contribution >= 4 is 45.8 Å². The smallest absolute Gasteiger partial charge is 0.282 e. The average Bonchev–Trinajstić information content (AvgIpc) is 3.51. The van der Waals surface area contributed by atoms with Gasteiger partial charge in [0.2, 0.25) is 5.13 Å². The van der Waals surface area contributed by atoms with E-state index in [1.807, 2.05) is 42.6 Å². The van der Waals surface area contributed by atoms with E-state index in [1.165, 1.54) is 22.4 Å². The Morgan fingerprint density at radius 3 is 2.61 bits per heavy atom. The van der Waals surface area contributed by atoms with Gasteiger partial charge in [-0.2, -0.15) is 10.1 Å². The fourth-order valence-electron chi connectivity index (χ4n) is 3.92. The maximum atomic E-state index is 14.0. The zero-order valence-electron chi connectivity index (χ0n) is 20.7. The van der Waals surface area contributed by atoms with Crippen LogP contribution >= 0.6 is 22.9 Å². The molecule has 6 nitrogen and oxygen atoms in total. The molecule has 9 heteroatoms. The number of thiazole rings is 1. The SMILES string of the molecule is CCOc1cc(C=C2C(=O)N(c3nc(-c4ccccc4)cs3)N=C2C)cc(Cl)c1OCc1ccccc1F. The van der Waals surface area contributed by atoms with Gasteiger partial charge >= 0.3 is 0 Å². The monoisotopic (exact) mass is 547 g/mol. The number of anilines is 1. The Balaban J connectivity index is 1.40. The number of benzene rings is 3. The summed E-state index contributed by atoms with van der Waals surface area (Å²) in [6, 6.07) is 19.5. The molecule has 0 radical (unpaired) electrons. The van der Waals surface area contributed by atoms with Crippen molar-refractivity contribution in [3.05, 3.63) is 99.6 Å². The molecular weight excluding hydrogens is 525 g/mol. The van der Waals surface area contributed by atoms with Crippen molar-refractivity contribution in [1.29, 1.82) is 0 Å². The number of nitrogens with zero attached hydrogens (tertiary/aromatic N) is 3. The van der Waals surface area contributed by atoms with Crippen LogP contribution in [0.3, 0.4) is 0 Å². The molecule has 5 rings (SSSR count). The van der Waals surface area contributed by atoms with Gasteiger partial charge < -0.3 is 9.47 Å². The lowest BCUT2D eigenvalue weighted by atomic mass is 10.1. The lowest BCUT2D eigenvalue weighted by Crippen LogP contribution is -2.21. The van der Waals surface area contributed by atoms with Gasteiger partial charge in [-0.15, -0.1) is 11.3 Å². The molecule has 0 saturated heterocycles. The highest BCUT2D eigenvalue weighted by atomic mass is 35.5. The second-order valence-electron chi connectivity index (χ2n) is 8.38. The summed E-state index contributed by atoms with van der Waals surface area (Å²) in [5, 5.41) is 8.43. The summed E-state index contributed by atoms with van der Waals surface area (Å²) >= 11 is 7.91. The minimum Gasteiger partial charge on any atom is -0.490 e. The third-order valence-electron chi connectivity index (χ3n) is 5.78. The van der Waals surface area contributed by atoms with E-state index >= 15 is 0 Å². The normalized spacial score (nSPS) is 14.2. The highest BCUT2D eigenvalue weighted by Gasteiger charge is 2.31. The average molecular weight is 548 g/mol. The maximum Gasteiger partial charge on any atom is 0.282 e. The van der Waals surface area contributed by atoms with Crippen LogP contribution in [-0.4, -0.2) is 23.2 Å². The van der Waals surface area contributed by atoms with Crippen LogP contribution in [0.5, 0.6) is 11.5 Å². The number of amides is 1. The topological polar surface area (TPSA) is 64.0 Å². The lowest BCUT2D eigenvalue weighted by Gasteiger charge is -2.15. The number of rotatable bonds is 8. The number of carbonyl (C=O) groups is 1. The molecular formula is C29H23ClFN3O3S. The second-order valence-corrected chi connectivity index (χ2v) is 9.63. The van der Waals surface area contributed by atoms with E-state index in [1.54, 1.807) is 43.3 Å². The number of halogens is 2. The first-order chi connectivity index (χ1) is 18.4. The quantitative estimate of drug-likeness (QED) is 0.216. The molecule has 0 spiro atoms. The van der Waals surface area contributed by atoms with Crippen LogP contribution in [0.15, 0.2) is 82.8 Å². The molecule has 1 aromatic heterocycles. The van der Waals surface area contributed by atoms with Crippen LogP contribution in [0.1, 0.15) is 25.0 Å². The highest BCUT2D eigenvalue weighted by molar-refractivity contribution is 7.14. The fourth-order valence-corrected chi connectivity index (χ4v) is 4.98. The van der Waals surface area contributed by atoms with Gasteiger partial charge in [-0.3, -0.25) is 4.79 Å². The van der Waals surface area contributed by atoms with E-state index in [-0.39, 0.29) is 23.4 Å². The summed E-state index contributed by atoms with van der Waals surface area (Å²) in [5.74, 6) is 0.0518. The minimum absolute atomic E-state index is 0.00903. The summed E-state index contributed by atoms with van der Waals surface area (Å²) in [5.41, 5.74) is 3.76. The first-order valence-corrected chi connectivity index (χ1v) is 13.2. The van der Waals surface area contributed by atoms with Gasteiger partial charge in [-0.05, 0) is 43.7 Å². The van der Waals surface area contributed by atoms with E-state index in [0.29, 0.717) is 45.6 Å². The van der Waals surface area contributed by atoms with Crippen molar-refractivity contribution in [2.45, 2.75) is 20.5 Å². The molecule has 1 aliphatic heterocycles. The molecule has 0 aliphatic carbocycles. The van der Waals surface area contributed by atoms with E-state index in [0.717, 1.165) is 11.3 Å². The van der Waals surface area contributed by atoms with Crippen molar-refractivity contribution < 1.29 is 18.7 Å². The van der Waals surface area contributed by atoms with Crippen molar-refractivity contribution in [1.82, 2.24) is 4.98 Å². The Kier molecular flexibility index (Phi) is 7.53.